The Morgan fingerprint density at radius 3 is 2.56 bits per heavy atom. The summed E-state index contributed by atoms with van der Waals surface area (Å²) in [5, 5.41) is 4.14. The zero-order chi connectivity index (χ0) is 24.6. The Labute approximate surface area is 218 Å². The molecule has 3 aromatic rings. The van der Waals surface area contributed by atoms with Crippen molar-refractivity contribution in [1.82, 2.24) is 24.8 Å². The number of hydrogen-bond acceptors (Lipinski definition) is 7. The van der Waals surface area contributed by atoms with Crippen molar-refractivity contribution >= 4 is 34.1 Å². The van der Waals surface area contributed by atoms with Gasteiger partial charge in [0.2, 0.25) is 0 Å². The number of H-pyrrole nitrogens is 1. The molecule has 0 radical (unpaired) electrons. The first-order valence-corrected chi connectivity index (χ1v) is 13.6. The molecule has 2 aromatic heterocycles. The fourth-order valence-electron chi connectivity index (χ4n) is 5.55. The highest BCUT2D eigenvalue weighted by Gasteiger charge is 2.27. The highest BCUT2D eigenvalue weighted by atomic mass is 35.5. The zero-order valence-electron chi connectivity index (χ0n) is 21.3. The van der Waals surface area contributed by atoms with E-state index < -0.39 is 0 Å². The first kappa shape index (κ1) is 23.8. The van der Waals surface area contributed by atoms with Gasteiger partial charge in [-0.05, 0) is 38.8 Å². The lowest BCUT2D eigenvalue weighted by atomic mass is 10.0. The van der Waals surface area contributed by atoms with Crippen molar-refractivity contribution in [2.75, 3.05) is 63.6 Å². The molecule has 8 nitrogen and oxygen atoms in total. The molecule has 36 heavy (non-hydrogen) atoms. The number of nitrogens with one attached hydrogen (secondary N) is 2. The SMILES string of the molecule is COc1cc(N2CCC(N3CCN(C)CC3)CC2)ccc1Cc1nc(NC2CC2)c2[nH]cc(Cl)c2n1. The van der Waals surface area contributed by atoms with Crippen LogP contribution in [0.15, 0.2) is 24.4 Å². The average Bonchev–Trinajstić information content (AvgIpc) is 3.65. The van der Waals surface area contributed by atoms with Gasteiger partial charge in [-0.25, -0.2) is 9.97 Å². The third-order valence-electron chi connectivity index (χ3n) is 7.95. The van der Waals surface area contributed by atoms with Crippen molar-refractivity contribution in [3.05, 3.63) is 40.8 Å². The normalized spacial score (nSPS) is 20.2. The summed E-state index contributed by atoms with van der Waals surface area (Å²) in [5.74, 6) is 2.46. The van der Waals surface area contributed by atoms with Crippen molar-refractivity contribution < 1.29 is 4.74 Å². The van der Waals surface area contributed by atoms with Crippen LogP contribution in [0.2, 0.25) is 5.02 Å². The van der Waals surface area contributed by atoms with E-state index in [0.717, 1.165) is 47.1 Å². The molecule has 2 N–H and O–H groups in total. The smallest absolute Gasteiger partial charge is 0.154 e. The number of benzene rings is 1. The Kier molecular flexibility index (Phi) is 6.67. The number of anilines is 2. The minimum Gasteiger partial charge on any atom is -0.496 e. The van der Waals surface area contributed by atoms with E-state index in [9.17, 15) is 0 Å². The molecule has 2 aliphatic heterocycles. The van der Waals surface area contributed by atoms with E-state index in [0.29, 0.717) is 23.5 Å². The number of aromatic nitrogens is 3. The van der Waals surface area contributed by atoms with Crippen LogP contribution >= 0.6 is 11.6 Å². The monoisotopic (exact) mass is 509 g/mol. The summed E-state index contributed by atoms with van der Waals surface area (Å²) in [5.41, 5.74) is 3.95. The number of methoxy groups -OCH3 is 1. The highest BCUT2D eigenvalue weighted by Crippen LogP contribution is 2.33. The van der Waals surface area contributed by atoms with Crippen molar-refractivity contribution in [2.45, 2.75) is 44.2 Å². The lowest BCUT2D eigenvalue weighted by Crippen LogP contribution is -2.52. The number of fused-ring (bicyclic) bond motifs is 1. The van der Waals surface area contributed by atoms with Gasteiger partial charge < -0.3 is 24.8 Å². The lowest BCUT2D eigenvalue weighted by Gasteiger charge is -2.42. The molecule has 0 spiro atoms. The number of halogens is 1. The predicted molar refractivity (Wildman–Crippen MR) is 146 cm³/mol. The van der Waals surface area contributed by atoms with E-state index in [4.69, 9.17) is 26.3 Å². The van der Waals surface area contributed by atoms with Gasteiger partial charge in [0.25, 0.3) is 0 Å². The maximum absolute atomic E-state index is 6.42. The molecule has 0 unspecified atom stereocenters. The van der Waals surface area contributed by atoms with E-state index in [1.165, 1.54) is 57.5 Å². The van der Waals surface area contributed by atoms with Crippen molar-refractivity contribution in [2.24, 2.45) is 0 Å². The van der Waals surface area contributed by atoms with Crippen molar-refractivity contribution in [3.63, 3.8) is 0 Å². The van der Waals surface area contributed by atoms with Crippen LogP contribution < -0.4 is 15.0 Å². The number of piperazine rings is 1. The number of ether oxygens (including phenoxy) is 1. The van der Waals surface area contributed by atoms with Crippen LogP contribution in [0, 0.1) is 0 Å². The van der Waals surface area contributed by atoms with Crippen molar-refractivity contribution in [3.8, 4) is 5.75 Å². The zero-order valence-corrected chi connectivity index (χ0v) is 22.0. The maximum atomic E-state index is 6.42. The summed E-state index contributed by atoms with van der Waals surface area (Å²) in [6.45, 7) is 6.93. The van der Waals surface area contributed by atoms with Gasteiger partial charge in [-0.1, -0.05) is 17.7 Å². The number of hydrogen-bond donors (Lipinski definition) is 2. The van der Waals surface area contributed by atoms with Crippen LogP contribution in [-0.4, -0.2) is 90.3 Å². The van der Waals surface area contributed by atoms with Crippen LogP contribution in [0.4, 0.5) is 11.5 Å². The Morgan fingerprint density at radius 2 is 1.83 bits per heavy atom. The number of aromatic amines is 1. The summed E-state index contributed by atoms with van der Waals surface area (Å²) < 4.78 is 5.83. The quantitative estimate of drug-likeness (QED) is 0.498. The molecule has 3 fully saturated rings. The van der Waals surface area contributed by atoms with Gasteiger partial charge in [-0.15, -0.1) is 0 Å². The average molecular weight is 510 g/mol. The summed E-state index contributed by atoms with van der Waals surface area (Å²) >= 11 is 6.42. The van der Waals surface area contributed by atoms with Crippen molar-refractivity contribution in [1.29, 1.82) is 0 Å². The van der Waals surface area contributed by atoms with Gasteiger partial charge >= 0.3 is 0 Å². The second-order valence-electron chi connectivity index (χ2n) is 10.5. The summed E-state index contributed by atoms with van der Waals surface area (Å²) in [6.07, 6.45) is 7.16. The second kappa shape index (κ2) is 10.1. The third kappa shape index (κ3) is 4.99. The maximum Gasteiger partial charge on any atom is 0.154 e. The van der Waals surface area contributed by atoms with Crippen LogP contribution in [0.5, 0.6) is 5.75 Å². The molecule has 1 saturated carbocycles. The summed E-state index contributed by atoms with van der Waals surface area (Å²) in [6, 6.07) is 7.77. The molecule has 0 bridgehead atoms. The summed E-state index contributed by atoms with van der Waals surface area (Å²) in [4.78, 5) is 20.5. The molecule has 1 aliphatic carbocycles. The number of likely N-dealkylation sites (N-methyl/N-ethyl adjacent to an activating group) is 1. The molecule has 0 amide bonds. The molecular formula is C27H36ClN7O. The number of piperidine rings is 1. The molecule has 0 atom stereocenters. The van der Waals surface area contributed by atoms with Gasteiger partial charge in [0.15, 0.2) is 5.82 Å². The van der Waals surface area contributed by atoms with Gasteiger partial charge in [0.1, 0.15) is 22.6 Å². The van der Waals surface area contributed by atoms with Crippen LogP contribution in [0.1, 0.15) is 37.1 Å². The third-order valence-corrected chi connectivity index (χ3v) is 8.23. The van der Waals surface area contributed by atoms with Crippen LogP contribution in [0.3, 0.4) is 0 Å². The minimum atomic E-state index is 0.493. The first-order chi connectivity index (χ1) is 17.6. The fraction of sp³-hybridized carbons (Fsp3) is 0.556. The first-order valence-electron chi connectivity index (χ1n) is 13.2. The standard InChI is InChI=1S/C27H36ClN7O/c1-33-11-13-35(14-12-33)20-7-9-34(10-8-20)21-6-3-18(23(16-21)36-2)15-24-31-25-22(28)17-29-26(25)27(32-24)30-19-4-5-19/h3,6,16-17,19-20,29H,4-5,7-15H2,1-2H3,(H,30,31,32). The minimum absolute atomic E-state index is 0.493. The van der Waals surface area contributed by atoms with Gasteiger partial charge in [0, 0.05) is 81.3 Å². The van der Waals surface area contributed by atoms with E-state index in [-0.39, 0.29) is 0 Å². The summed E-state index contributed by atoms with van der Waals surface area (Å²) in [7, 11) is 3.97. The Hall–Kier alpha value is -2.55. The molecule has 6 rings (SSSR count). The van der Waals surface area contributed by atoms with E-state index in [1.54, 1.807) is 13.3 Å². The fourth-order valence-corrected chi connectivity index (χ4v) is 5.74. The molecular weight excluding hydrogens is 474 g/mol. The largest absolute Gasteiger partial charge is 0.496 e. The van der Waals surface area contributed by atoms with Gasteiger partial charge in [0.05, 0.1) is 12.1 Å². The number of nitrogens with zero attached hydrogens (tertiary/aromatic N) is 5. The topological polar surface area (TPSA) is 72.6 Å². The molecule has 4 heterocycles. The van der Waals surface area contributed by atoms with Gasteiger partial charge in [-0.3, -0.25) is 4.90 Å². The highest BCUT2D eigenvalue weighted by molar-refractivity contribution is 6.35. The Balaban J connectivity index is 1.16. The Morgan fingerprint density at radius 1 is 1.06 bits per heavy atom. The number of rotatable bonds is 7. The lowest BCUT2D eigenvalue weighted by molar-refractivity contribution is 0.0982. The van der Waals surface area contributed by atoms with E-state index >= 15 is 0 Å². The second-order valence-corrected chi connectivity index (χ2v) is 10.9. The Bertz CT molecular complexity index is 1210. The molecule has 3 aliphatic rings. The predicted octanol–water partition coefficient (Wildman–Crippen LogP) is 4.00. The van der Waals surface area contributed by atoms with E-state index in [1.807, 2.05) is 0 Å². The van der Waals surface area contributed by atoms with E-state index in [2.05, 4.69) is 50.2 Å². The molecule has 192 valence electrons. The molecule has 9 heteroatoms. The molecule has 2 saturated heterocycles. The van der Waals surface area contributed by atoms with Crippen LogP contribution in [-0.2, 0) is 6.42 Å². The van der Waals surface area contributed by atoms with Gasteiger partial charge in [-0.2, -0.15) is 0 Å². The van der Waals surface area contributed by atoms with Crippen LogP contribution in [0.25, 0.3) is 11.0 Å². The molecule has 1 aromatic carbocycles.